The molecule has 21 heavy (non-hydrogen) atoms. The first kappa shape index (κ1) is 13.8. The number of carbonyl (C=O) groups is 1. The van der Waals surface area contributed by atoms with E-state index in [1.807, 2.05) is 24.3 Å². The lowest BCUT2D eigenvalue weighted by molar-refractivity contribution is 0.0690. The molecule has 5 heteroatoms. The fourth-order valence-corrected chi connectivity index (χ4v) is 3.07. The van der Waals surface area contributed by atoms with Gasteiger partial charge >= 0.3 is 5.97 Å². The minimum Gasteiger partial charge on any atom is -0.476 e. The third-order valence-corrected chi connectivity index (χ3v) is 4.25. The van der Waals surface area contributed by atoms with Crippen molar-refractivity contribution in [1.82, 2.24) is 10.2 Å². The molecule has 2 heterocycles. The van der Waals surface area contributed by atoms with Gasteiger partial charge in [0.05, 0.1) is 11.2 Å². The first-order valence-electron chi connectivity index (χ1n) is 7.33. The molecule has 1 fully saturated rings. The van der Waals surface area contributed by atoms with Gasteiger partial charge < -0.3 is 10.0 Å². The SMILES string of the molecule is CC1CCC(C)N(c2c(C(=O)O)nnc3ccccc23)C1. The zero-order valence-electron chi connectivity index (χ0n) is 12.3. The summed E-state index contributed by atoms with van der Waals surface area (Å²) in [4.78, 5) is 13.8. The van der Waals surface area contributed by atoms with Gasteiger partial charge in [0.15, 0.2) is 5.69 Å². The van der Waals surface area contributed by atoms with E-state index in [9.17, 15) is 9.90 Å². The number of benzene rings is 1. The minimum absolute atomic E-state index is 0.0506. The topological polar surface area (TPSA) is 66.3 Å². The highest BCUT2D eigenvalue weighted by Gasteiger charge is 2.29. The fraction of sp³-hybridized carbons (Fsp3) is 0.438. The molecule has 2 unspecified atom stereocenters. The van der Waals surface area contributed by atoms with Gasteiger partial charge in [-0.2, -0.15) is 0 Å². The van der Waals surface area contributed by atoms with Crippen molar-refractivity contribution in [3.63, 3.8) is 0 Å². The third kappa shape index (κ3) is 2.44. The molecule has 2 atom stereocenters. The summed E-state index contributed by atoms with van der Waals surface area (Å²) in [5.41, 5.74) is 1.50. The Labute approximate surface area is 123 Å². The molecule has 0 spiro atoms. The minimum atomic E-state index is -1.02. The average molecular weight is 285 g/mol. The fourth-order valence-electron chi connectivity index (χ4n) is 3.07. The maximum absolute atomic E-state index is 11.6. The number of hydrogen-bond acceptors (Lipinski definition) is 4. The summed E-state index contributed by atoms with van der Waals surface area (Å²) in [5, 5.41) is 18.3. The summed E-state index contributed by atoms with van der Waals surface area (Å²) in [7, 11) is 0. The van der Waals surface area contributed by atoms with Crippen molar-refractivity contribution < 1.29 is 9.90 Å². The smallest absolute Gasteiger partial charge is 0.358 e. The monoisotopic (exact) mass is 285 g/mol. The Bertz CT molecular complexity index is 686. The first-order valence-corrected chi connectivity index (χ1v) is 7.33. The number of anilines is 1. The molecule has 0 amide bonds. The van der Waals surface area contributed by atoms with E-state index in [4.69, 9.17) is 0 Å². The quantitative estimate of drug-likeness (QED) is 0.919. The number of carboxylic acid groups (broad SMARTS) is 1. The standard InChI is InChI=1S/C16H19N3O2/c1-10-7-8-11(2)19(9-10)15-12-5-3-4-6-13(12)17-18-14(15)16(20)21/h3-6,10-11H,7-9H2,1-2H3,(H,20,21). The van der Waals surface area contributed by atoms with E-state index in [-0.39, 0.29) is 5.69 Å². The normalized spacial score (nSPS) is 22.5. The molecule has 1 aliphatic heterocycles. The molecule has 1 aromatic heterocycles. The largest absolute Gasteiger partial charge is 0.476 e. The highest BCUT2D eigenvalue weighted by atomic mass is 16.4. The highest BCUT2D eigenvalue weighted by molar-refractivity contribution is 6.02. The van der Waals surface area contributed by atoms with Crippen LogP contribution in [0.2, 0.25) is 0 Å². The van der Waals surface area contributed by atoms with E-state index < -0.39 is 5.97 Å². The van der Waals surface area contributed by atoms with Crippen molar-refractivity contribution in [2.75, 3.05) is 11.4 Å². The molecule has 110 valence electrons. The summed E-state index contributed by atoms with van der Waals surface area (Å²) in [5.74, 6) is -0.469. The summed E-state index contributed by atoms with van der Waals surface area (Å²) >= 11 is 0. The van der Waals surface area contributed by atoms with Crippen LogP contribution in [0.5, 0.6) is 0 Å². The molecule has 0 radical (unpaired) electrons. The van der Waals surface area contributed by atoms with Crippen molar-refractivity contribution in [3.8, 4) is 0 Å². The average Bonchev–Trinajstić information content (AvgIpc) is 2.48. The number of rotatable bonds is 2. The van der Waals surface area contributed by atoms with Crippen LogP contribution in [-0.4, -0.2) is 33.9 Å². The Morgan fingerprint density at radius 1 is 1.24 bits per heavy atom. The Hall–Kier alpha value is -2.17. The van der Waals surface area contributed by atoms with E-state index >= 15 is 0 Å². The molecule has 1 saturated heterocycles. The van der Waals surface area contributed by atoms with E-state index in [1.54, 1.807) is 0 Å². The van der Waals surface area contributed by atoms with Gasteiger partial charge in [-0.3, -0.25) is 0 Å². The highest BCUT2D eigenvalue weighted by Crippen LogP contribution is 2.34. The maximum Gasteiger partial charge on any atom is 0.358 e. The summed E-state index contributed by atoms with van der Waals surface area (Å²) < 4.78 is 0. The van der Waals surface area contributed by atoms with E-state index in [1.165, 1.54) is 6.42 Å². The Morgan fingerprint density at radius 2 is 2.00 bits per heavy atom. The molecule has 0 saturated carbocycles. The van der Waals surface area contributed by atoms with E-state index in [2.05, 4.69) is 28.9 Å². The molecule has 0 bridgehead atoms. The van der Waals surface area contributed by atoms with Crippen molar-refractivity contribution in [3.05, 3.63) is 30.0 Å². The van der Waals surface area contributed by atoms with Crippen LogP contribution in [0.3, 0.4) is 0 Å². The number of aromatic carboxylic acids is 1. The molecule has 1 aliphatic rings. The third-order valence-electron chi connectivity index (χ3n) is 4.25. The van der Waals surface area contributed by atoms with Crippen LogP contribution in [0.15, 0.2) is 24.3 Å². The van der Waals surface area contributed by atoms with Gasteiger partial charge in [0, 0.05) is 18.0 Å². The van der Waals surface area contributed by atoms with E-state index in [0.29, 0.717) is 17.6 Å². The van der Waals surface area contributed by atoms with Crippen molar-refractivity contribution in [1.29, 1.82) is 0 Å². The second-order valence-corrected chi connectivity index (χ2v) is 5.90. The molecular weight excluding hydrogens is 266 g/mol. The van der Waals surface area contributed by atoms with Crippen LogP contribution in [0.25, 0.3) is 10.9 Å². The lowest BCUT2D eigenvalue weighted by Gasteiger charge is -2.39. The predicted molar refractivity (Wildman–Crippen MR) is 81.7 cm³/mol. The zero-order valence-corrected chi connectivity index (χ0v) is 12.3. The lowest BCUT2D eigenvalue weighted by Crippen LogP contribution is -2.42. The van der Waals surface area contributed by atoms with Crippen molar-refractivity contribution in [2.24, 2.45) is 5.92 Å². The van der Waals surface area contributed by atoms with Gasteiger partial charge in [-0.1, -0.05) is 25.1 Å². The van der Waals surface area contributed by atoms with Gasteiger partial charge in [0.2, 0.25) is 0 Å². The second-order valence-electron chi connectivity index (χ2n) is 5.90. The van der Waals surface area contributed by atoms with Gasteiger partial charge in [-0.25, -0.2) is 4.79 Å². The Morgan fingerprint density at radius 3 is 2.76 bits per heavy atom. The van der Waals surface area contributed by atoms with Crippen LogP contribution >= 0.6 is 0 Å². The predicted octanol–water partition coefficient (Wildman–Crippen LogP) is 2.95. The van der Waals surface area contributed by atoms with E-state index in [0.717, 1.165) is 23.9 Å². The van der Waals surface area contributed by atoms with Crippen LogP contribution in [0, 0.1) is 5.92 Å². The lowest BCUT2D eigenvalue weighted by atomic mass is 9.93. The molecule has 5 nitrogen and oxygen atoms in total. The number of nitrogens with zero attached hydrogens (tertiary/aromatic N) is 3. The van der Waals surface area contributed by atoms with Gasteiger partial charge in [-0.15, -0.1) is 10.2 Å². The van der Waals surface area contributed by atoms with Crippen LogP contribution in [0.4, 0.5) is 5.69 Å². The molecule has 0 aliphatic carbocycles. The number of carboxylic acids is 1. The van der Waals surface area contributed by atoms with Gasteiger partial charge in [0.25, 0.3) is 0 Å². The zero-order chi connectivity index (χ0) is 15.0. The Balaban J connectivity index is 2.22. The molecule has 1 aromatic carbocycles. The second kappa shape index (κ2) is 5.31. The van der Waals surface area contributed by atoms with Gasteiger partial charge in [0.1, 0.15) is 0 Å². The molecule has 2 aromatic rings. The van der Waals surface area contributed by atoms with Crippen LogP contribution < -0.4 is 4.90 Å². The number of aromatic nitrogens is 2. The number of piperidine rings is 1. The molecule has 3 rings (SSSR count). The molecule has 1 N–H and O–H groups in total. The maximum atomic E-state index is 11.6. The van der Waals surface area contributed by atoms with Crippen molar-refractivity contribution in [2.45, 2.75) is 32.7 Å². The molecular formula is C16H19N3O2. The number of hydrogen-bond donors (Lipinski definition) is 1. The summed E-state index contributed by atoms with van der Waals surface area (Å²) in [6, 6.07) is 7.92. The van der Waals surface area contributed by atoms with Crippen LogP contribution in [-0.2, 0) is 0 Å². The first-order chi connectivity index (χ1) is 10.1. The van der Waals surface area contributed by atoms with Gasteiger partial charge in [-0.05, 0) is 31.7 Å². The number of fused-ring (bicyclic) bond motifs is 1. The Kier molecular flexibility index (Phi) is 3.49. The summed E-state index contributed by atoms with van der Waals surface area (Å²) in [6.07, 6.45) is 2.24. The van der Waals surface area contributed by atoms with Crippen LogP contribution in [0.1, 0.15) is 37.2 Å². The summed E-state index contributed by atoms with van der Waals surface area (Å²) in [6.45, 7) is 5.21. The van der Waals surface area contributed by atoms with Crippen molar-refractivity contribution >= 4 is 22.6 Å².